The Bertz CT molecular complexity index is 281. The summed E-state index contributed by atoms with van der Waals surface area (Å²) in [5.74, 6) is -0.367. The van der Waals surface area contributed by atoms with Crippen LogP contribution in [0.3, 0.4) is 0 Å². The Balaban J connectivity index is 3.99. The van der Waals surface area contributed by atoms with Crippen LogP contribution in [0.5, 0.6) is 0 Å². The molecule has 0 fully saturated rings. The van der Waals surface area contributed by atoms with E-state index in [4.69, 9.17) is 9.47 Å². The molecule has 124 valence electrons. The van der Waals surface area contributed by atoms with Crippen LogP contribution in [0.2, 0.25) is 0 Å². The highest BCUT2D eigenvalue weighted by molar-refractivity contribution is 5.81. The van der Waals surface area contributed by atoms with Crippen molar-refractivity contribution in [3.8, 4) is 0 Å². The molecule has 1 amide bonds. The van der Waals surface area contributed by atoms with Gasteiger partial charge in [-0.1, -0.05) is 52.9 Å². The van der Waals surface area contributed by atoms with E-state index >= 15 is 0 Å². The number of hydrogen-bond donors (Lipinski definition) is 1. The number of hydrogen-bond acceptors (Lipinski definition) is 4. The maximum Gasteiger partial charge on any atom is 0.407 e. The van der Waals surface area contributed by atoms with Gasteiger partial charge in [-0.15, -0.1) is 0 Å². The standard InChI is InChI=1S/C16H31NO4/c1-4-7-9-10-13-21-16(19)17-14(11-6-3)15(18)20-12-8-5-2/h14H,4-13H2,1-3H3,(H,17,19)/t14-/m0/s1. The van der Waals surface area contributed by atoms with Gasteiger partial charge in [-0.2, -0.15) is 0 Å². The van der Waals surface area contributed by atoms with E-state index in [9.17, 15) is 9.59 Å². The van der Waals surface area contributed by atoms with E-state index in [0.717, 1.165) is 44.9 Å². The molecule has 0 saturated carbocycles. The molecule has 0 aliphatic heterocycles. The largest absolute Gasteiger partial charge is 0.464 e. The lowest BCUT2D eigenvalue weighted by Gasteiger charge is -2.16. The van der Waals surface area contributed by atoms with Gasteiger partial charge in [-0.25, -0.2) is 9.59 Å². The second kappa shape index (κ2) is 13.7. The minimum Gasteiger partial charge on any atom is -0.464 e. The van der Waals surface area contributed by atoms with Crippen molar-refractivity contribution in [3.05, 3.63) is 0 Å². The molecule has 0 aliphatic rings. The topological polar surface area (TPSA) is 64.6 Å². The molecule has 0 radical (unpaired) electrons. The summed E-state index contributed by atoms with van der Waals surface area (Å²) >= 11 is 0. The van der Waals surface area contributed by atoms with Crippen LogP contribution in [0.25, 0.3) is 0 Å². The Morgan fingerprint density at radius 2 is 1.52 bits per heavy atom. The molecule has 0 saturated heterocycles. The van der Waals surface area contributed by atoms with E-state index in [1.54, 1.807) is 0 Å². The number of ether oxygens (including phenoxy) is 2. The SMILES string of the molecule is CCCCCCOC(=O)N[C@@H](CCC)C(=O)OCCCC. The predicted molar refractivity (Wildman–Crippen MR) is 83.2 cm³/mol. The van der Waals surface area contributed by atoms with Gasteiger partial charge in [0.05, 0.1) is 13.2 Å². The van der Waals surface area contributed by atoms with Gasteiger partial charge in [0.1, 0.15) is 6.04 Å². The Morgan fingerprint density at radius 1 is 0.857 bits per heavy atom. The summed E-state index contributed by atoms with van der Waals surface area (Å²) in [6, 6.07) is -0.602. The minimum absolute atomic E-state index is 0.367. The van der Waals surface area contributed by atoms with Crippen LogP contribution in [0.15, 0.2) is 0 Å². The van der Waals surface area contributed by atoms with E-state index < -0.39 is 12.1 Å². The third-order valence-corrected chi connectivity index (χ3v) is 3.13. The summed E-state index contributed by atoms with van der Waals surface area (Å²) in [5, 5.41) is 2.60. The molecule has 0 rings (SSSR count). The molecule has 0 bridgehead atoms. The number of amides is 1. The molecule has 0 aromatic heterocycles. The highest BCUT2D eigenvalue weighted by atomic mass is 16.6. The zero-order chi connectivity index (χ0) is 15.9. The summed E-state index contributed by atoms with van der Waals surface area (Å²) in [6.07, 6.45) is 6.85. The third-order valence-electron chi connectivity index (χ3n) is 3.13. The smallest absolute Gasteiger partial charge is 0.407 e. The summed E-state index contributed by atoms with van der Waals surface area (Å²) in [5.41, 5.74) is 0. The molecule has 0 aromatic rings. The van der Waals surface area contributed by atoms with Crippen LogP contribution < -0.4 is 5.32 Å². The first-order valence-corrected chi connectivity index (χ1v) is 8.25. The van der Waals surface area contributed by atoms with Gasteiger partial charge >= 0.3 is 12.1 Å². The van der Waals surface area contributed by atoms with Crippen molar-refractivity contribution in [3.63, 3.8) is 0 Å². The van der Waals surface area contributed by atoms with Crippen LogP contribution in [0.4, 0.5) is 4.79 Å². The lowest BCUT2D eigenvalue weighted by Crippen LogP contribution is -2.42. The molecule has 1 atom stereocenters. The van der Waals surface area contributed by atoms with Gasteiger partial charge in [0.15, 0.2) is 0 Å². The number of alkyl carbamates (subject to hydrolysis) is 1. The van der Waals surface area contributed by atoms with Crippen LogP contribution in [-0.4, -0.2) is 31.3 Å². The van der Waals surface area contributed by atoms with Crippen molar-refractivity contribution in [2.75, 3.05) is 13.2 Å². The molecule has 5 heteroatoms. The van der Waals surface area contributed by atoms with E-state index in [1.165, 1.54) is 0 Å². The van der Waals surface area contributed by atoms with Gasteiger partial charge in [0.2, 0.25) is 0 Å². The van der Waals surface area contributed by atoms with Gasteiger partial charge < -0.3 is 14.8 Å². The van der Waals surface area contributed by atoms with Crippen LogP contribution in [0.1, 0.15) is 72.1 Å². The summed E-state index contributed by atoms with van der Waals surface area (Å²) in [7, 11) is 0. The monoisotopic (exact) mass is 301 g/mol. The van der Waals surface area contributed by atoms with Crippen molar-refractivity contribution in [1.82, 2.24) is 5.32 Å². The summed E-state index contributed by atoms with van der Waals surface area (Å²) < 4.78 is 10.2. The normalized spacial score (nSPS) is 11.8. The fraction of sp³-hybridized carbons (Fsp3) is 0.875. The fourth-order valence-corrected chi connectivity index (χ4v) is 1.83. The summed E-state index contributed by atoms with van der Waals surface area (Å²) in [4.78, 5) is 23.5. The third kappa shape index (κ3) is 11.1. The first kappa shape index (κ1) is 19.7. The fourth-order valence-electron chi connectivity index (χ4n) is 1.83. The lowest BCUT2D eigenvalue weighted by molar-refractivity contribution is -0.146. The highest BCUT2D eigenvalue weighted by Gasteiger charge is 2.21. The summed E-state index contributed by atoms with van der Waals surface area (Å²) in [6.45, 7) is 6.93. The maximum atomic E-state index is 11.9. The highest BCUT2D eigenvalue weighted by Crippen LogP contribution is 2.03. The van der Waals surface area contributed by atoms with Crippen molar-refractivity contribution in [2.24, 2.45) is 0 Å². The lowest BCUT2D eigenvalue weighted by atomic mass is 10.2. The average Bonchev–Trinajstić information content (AvgIpc) is 2.46. The van der Waals surface area contributed by atoms with Crippen molar-refractivity contribution < 1.29 is 19.1 Å². The van der Waals surface area contributed by atoms with Crippen LogP contribution >= 0.6 is 0 Å². The Hall–Kier alpha value is -1.26. The van der Waals surface area contributed by atoms with Crippen molar-refractivity contribution in [1.29, 1.82) is 0 Å². The molecular weight excluding hydrogens is 270 g/mol. The predicted octanol–water partition coefficient (Wildman–Crippen LogP) is 3.80. The number of carbonyl (C=O) groups excluding carboxylic acids is 2. The zero-order valence-electron chi connectivity index (χ0n) is 13.8. The quantitative estimate of drug-likeness (QED) is 0.440. The molecular formula is C16H31NO4. The number of unbranched alkanes of at least 4 members (excludes halogenated alkanes) is 4. The second-order valence-electron chi connectivity index (χ2n) is 5.20. The molecule has 0 heterocycles. The first-order valence-electron chi connectivity index (χ1n) is 8.25. The van der Waals surface area contributed by atoms with Gasteiger partial charge in [0, 0.05) is 0 Å². The molecule has 0 aliphatic carbocycles. The molecule has 0 spiro atoms. The average molecular weight is 301 g/mol. The van der Waals surface area contributed by atoms with Crippen LogP contribution in [0, 0.1) is 0 Å². The number of esters is 1. The van der Waals surface area contributed by atoms with Gasteiger partial charge in [-0.3, -0.25) is 0 Å². The Labute approximate surface area is 128 Å². The molecule has 0 aromatic carbocycles. The van der Waals surface area contributed by atoms with Crippen molar-refractivity contribution in [2.45, 2.75) is 78.2 Å². The Kier molecular flexibility index (Phi) is 12.9. The molecule has 5 nitrogen and oxygen atoms in total. The zero-order valence-corrected chi connectivity index (χ0v) is 13.8. The molecule has 21 heavy (non-hydrogen) atoms. The number of carbonyl (C=O) groups is 2. The molecule has 0 unspecified atom stereocenters. The van der Waals surface area contributed by atoms with Gasteiger partial charge in [0.25, 0.3) is 0 Å². The van der Waals surface area contributed by atoms with E-state index in [-0.39, 0.29) is 5.97 Å². The number of rotatable bonds is 12. The van der Waals surface area contributed by atoms with E-state index in [0.29, 0.717) is 19.6 Å². The maximum absolute atomic E-state index is 11.9. The van der Waals surface area contributed by atoms with Crippen LogP contribution in [-0.2, 0) is 14.3 Å². The second-order valence-corrected chi connectivity index (χ2v) is 5.20. The van der Waals surface area contributed by atoms with Crippen molar-refractivity contribution >= 4 is 12.1 Å². The first-order chi connectivity index (χ1) is 10.2. The van der Waals surface area contributed by atoms with E-state index in [2.05, 4.69) is 12.2 Å². The van der Waals surface area contributed by atoms with Gasteiger partial charge in [-0.05, 0) is 19.3 Å². The molecule has 1 N–H and O–H groups in total. The minimum atomic E-state index is -0.602. The van der Waals surface area contributed by atoms with E-state index in [1.807, 2.05) is 13.8 Å². The Morgan fingerprint density at radius 3 is 2.14 bits per heavy atom. The number of nitrogens with one attached hydrogen (secondary N) is 1.